The Kier molecular flexibility index (Phi) is 3.41. The standard InChI is InChI=1S/C6H11N7O/c7-5(8)13-6(9)10-2-1-4-11-3-12-14-4/h3H,1-2H2,(H6,7,8,9,10,13). The highest BCUT2D eigenvalue weighted by atomic mass is 16.5. The fraction of sp³-hybridized carbons (Fsp3) is 0.333. The number of nitrogens with two attached hydrogens (primary N) is 3. The molecule has 0 saturated carbocycles. The maximum Gasteiger partial charge on any atom is 0.228 e. The van der Waals surface area contributed by atoms with Crippen LogP contribution in [0.25, 0.3) is 0 Å². The molecule has 6 N–H and O–H groups in total. The molecule has 1 aromatic heterocycles. The van der Waals surface area contributed by atoms with Crippen LogP contribution in [0, 0.1) is 0 Å². The van der Waals surface area contributed by atoms with Gasteiger partial charge >= 0.3 is 0 Å². The fourth-order valence-corrected chi connectivity index (χ4v) is 0.740. The summed E-state index contributed by atoms with van der Waals surface area (Å²) in [5.41, 5.74) is 15.5. The zero-order valence-corrected chi connectivity index (χ0v) is 7.42. The molecule has 14 heavy (non-hydrogen) atoms. The van der Waals surface area contributed by atoms with Crippen molar-refractivity contribution in [2.45, 2.75) is 6.42 Å². The summed E-state index contributed by atoms with van der Waals surface area (Å²) in [4.78, 5) is 11.2. The summed E-state index contributed by atoms with van der Waals surface area (Å²) < 4.78 is 4.74. The van der Waals surface area contributed by atoms with Gasteiger partial charge in [0.1, 0.15) is 0 Å². The first-order chi connectivity index (χ1) is 6.68. The molecule has 0 atom stereocenters. The van der Waals surface area contributed by atoms with Crippen LogP contribution in [0.2, 0.25) is 0 Å². The number of nitrogens with zero attached hydrogens (tertiary/aromatic N) is 4. The number of rotatable bonds is 3. The van der Waals surface area contributed by atoms with Gasteiger partial charge in [0.05, 0.1) is 6.54 Å². The summed E-state index contributed by atoms with van der Waals surface area (Å²) >= 11 is 0. The largest absolute Gasteiger partial charge is 0.370 e. The van der Waals surface area contributed by atoms with Crippen molar-refractivity contribution in [2.75, 3.05) is 6.54 Å². The maximum atomic E-state index is 5.35. The zero-order chi connectivity index (χ0) is 10.4. The number of aromatic nitrogens is 2. The van der Waals surface area contributed by atoms with E-state index in [4.69, 9.17) is 21.7 Å². The van der Waals surface area contributed by atoms with Crippen LogP contribution in [0.15, 0.2) is 20.8 Å². The van der Waals surface area contributed by atoms with Gasteiger partial charge in [-0.1, -0.05) is 5.16 Å². The quantitative estimate of drug-likeness (QED) is 0.385. The fourth-order valence-electron chi connectivity index (χ4n) is 0.740. The van der Waals surface area contributed by atoms with E-state index in [0.717, 1.165) is 0 Å². The molecule has 1 aromatic rings. The molecule has 0 aliphatic heterocycles. The van der Waals surface area contributed by atoms with E-state index in [1.54, 1.807) is 0 Å². The molecule has 76 valence electrons. The second kappa shape index (κ2) is 4.80. The van der Waals surface area contributed by atoms with Crippen molar-refractivity contribution in [1.82, 2.24) is 10.1 Å². The number of hydrogen-bond acceptors (Lipinski definition) is 4. The molecular weight excluding hydrogens is 186 g/mol. The van der Waals surface area contributed by atoms with Crippen LogP contribution >= 0.6 is 0 Å². The van der Waals surface area contributed by atoms with E-state index in [-0.39, 0.29) is 11.9 Å². The van der Waals surface area contributed by atoms with Gasteiger partial charge in [-0.25, -0.2) is 0 Å². The van der Waals surface area contributed by atoms with Crippen LogP contribution < -0.4 is 17.2 Å². The van der Waals surface area contributed by atoms with Crippen LogP contribution in [-0.4, -0.2) is 28.6 Å². The first-order valence-corrected chi connectivity index (χ1v) is 3.83. The van der Waals surface area contributed by atoms with E-state index < -0.39 is 0 Å². The topological polar surface area (TPSA) is 142 Å². The predicted molar refractivity (Wildman–Crippen MR) is 50.3 cm³/mol. The molecule has 0 bridgehead atoms. The van der Waals surface area contributed by atoms with Gasteiger partial charge in [-0.3, -0.25) is 4.99 Å². The van der Waals surface area contributed by atoms with Gasteiger partial charge in [0.2, 0.25) is 11.9 Å². The Balaban J connectivity index is 2.37. The van der Waals surface area contributed by atoms with Crippen molar-refractivity contribution < 1.29 is 4.52 Å². The van der Waals surface area contributed by atoms with Gasteiger partial charge in [0, 0.05) is 6.42 Å². The third-order valence-electron chi connectivity index (χ3n) is 1.25. The Bertz CT molecular complexity index is 324. The third-order valence-corrected chi connectivity index (χ3v) is 1.25. The third kappa shape index (κ3) is 3.52. The molecule has 1 heterocycles. The number of hydrogen-bond donors (Lipinski definition) is 3. The van der Waals surface area contributed by atoms with Crippen LogP contribution in [-0.2, 0) is 6.42 Å². The van der Waals surface area contributed by atoms with Gasteiger partial charge in [-0.05, 0) is 0 Å². The van der Waals surface area contributed by atoms with Gasteiger partial charge in [-0.15, -0.1) is 0 Å². The molecule has 0 fully saturated rings. The lowest BCUT2D eigenvalue weighted by Gasteiger charge is -1.93. The van der Waals surface area contributed by atoms with Crippen molar-refractivity contribution in [3.63, 3.8) is 0 Å². The minimum atomic E-state index is -0.121. The van der Waals surface area contributed by atoms with Crippen LogP contribution in [0.5, 0.6) is 0 Å². The van der Waals surface area contributed by atoms with Crippen molar-refractivity contribution in [3.05, 3.63) is 12.2 Å². The lowest BCUT2D eigenvalue weighted by Crippen LogP contribution is -2.26. The van der Waals surface area contributed by atoms with Crippen LogP contribution in [0.3, 0.4) is 0 Å². The Morgan fingerprint density at radius 3 is 2.79 bits per heavy atom. The summed E-state index contributed by atoms with van der Waals surface area (Å²) in [7, 11) is 0. The lowest BCUT2D eigenvalue weighted by atomic mass is 10.4. The second-order valence-corrected chi connectivity index (χ2v) is 2.36. The van der Waals surface area contributed by atoms with E-state index in [9.17, 15) is 0 Å². The number of aliphatic imine (C=N–C) groups is 2. The normalized spacial score (nSPS) is 11.3. The van der Waals surface area contributed by atoms with E-state index in [1.807, 2.05) is 0 Å². The molecule has 0 aromatic carbocycles. The summed E-state index contributed by atoms with van der Waals surface area (Å²) in [6, 6.07) is 0. The van der Waals surface area contributed by atoms with E-state index in [0.29, 0.717) is 18.9 Å². The molecule has 0 aliphatic rings. The molecular formula is C6H11N7O. The average Bonchev–Trinajstić information content (AvgIpc) is 2.55. The van der Waals surface area contributed by atoms with Gasteiger partial charge in [-0.2, -0.15) is 9.98 Å². The lowest BCUT2D eigenvalue weighted by molar-refractivity contribution is 0.379. The Hall–Kier alpha value is -2.12. The summed E-state index contributed by atoms with van der Waals surface area (Å²) in [6.45, 7) is 0.394. The molecule has 0 amide bonds. The Morgan fingerprint density at radius 2 is 2.21 bits per heavy atom. The van der Waals surface area contributed by atoms with Crippen molar-refractivity contribution in [1.29, 1.82) is 0 Å². The highest BCUT2D eigenvalue weighted by Crippen LogP contribution is 1.92. The van der Waals surface area contributed by atoms with Crippen LogP contribution in [0.1, 0.15) is 5.89 Å². The minimum Gasteiger partial charge on any atom is -0.370 e. The van der Waals surface area contributed by atoms with Crippen LogP contribution in [0.4, 0.5) is 0 Å². The summed E-state index contributed by atoms with van der Waals surface area (Å²) in [6.07, 6.45) is 1.82. The average molecular weight is 197 g/mol. The van der Waals surface area contributed by atoms with E-state index >= 15 is 0 Å². The molecule has 8 heteroatoms. The minimum absolute atomic E-state index is 0.0320. The van der Waals surface area contributed by atoms with Crippen molar-refractivity contribution >= 4 is 11.9 Å². The molecule has 0 spiro atoms. The molecule has 0 radical (unpaired) electrons. The number of guanidine groups is 2. The van der Waals surface area contributed by atoms with Gasteiger partial charge in [0.25, 0.3) is 0 Å². The maximum absolute atomic E-state index is 5.35. The van der Waals surface area contributed by atoms with E-state index in [2.05, 4.69) is 20.1 Å². The van der Waals surface area contributed by atoms with Gasteiger partial charge < -0.3 is 21.7 Å². The molecule has 8 nitrogen and oxygen atoms in total. The Labute approximate surface area is 79.9 Å². The first kappa shape index (κ1) is 9.96. The SMILES string of the molecule is NC(N)=NC(N)=NCCc1ncno1. The van der Waals surface area contributed by atoms with E-state index in [1.165, 1.54) is 6.33 Å². The highest BCUT2D eigenvalue weighted by Gasteiger charge is 1.97. The van der Waals surface area contributed by atoms with Crippen molar-refractivity contribution in [2.24, 2.45) is 27.2 Å². The summed E-state index contributed by atoms with van der Waals surface area (Å²) in [5, 5.41) is 3.43. The molecule has 0 aliphatic carbocycles. The first-order valence-electron chi connectivity index (χ1n) is 3.83. The zero-order valence-electron chi connectivity index (χ0n) is 7.42. The molecule has 0 unspecified atom stereocenters. The monoisotopic (exact) mass is 197 g/mol. The van der Waals surface area contributed by atoms with Crippen molar-refractivity contribution in [3.8, 4) is 0 Å². The predicted octanol–water partition coefficient (Wildman–Crippen LogP) is -1.80. The molecule has 0 saturated heterocycles. The molecule has 1 rings (SSSR count). The Morgan fingerprint density at radius 1 is 1.43 bits per heavy atom. The smallest absolute Gasteiger partial charge is 0.228 e. The summed E-state index contributed by atoms with van der Waals surface area (Å²) in [5.74, 6) is 0.403. The van der Waals surface area contributed by atoms with Gasteiger partial charge in [0.15, 0.2) is 12.3 Å². The second-order valence-electron chi connectivity index (χ2n) is 2.36. The highest BCUT2D eigenvalue weighted by molar-refractivity contribution is 5.92.